The predicted octanol–water partition coefficient (Wildman–Crippen LogP) is 1.53. The number of nitrogens with one attached hydrogen (secondary N) is 1. The summed E-state index contributed by atoms with van der Waals surface area (Å²) in [6, 6.07) is 2.02. The molecule has 1 fully saturated rings. The summed E-state index contributed by atoms with van der Waals surface area (Å²) >= 11 is 0. The van der Waals surface area contributed by atoms with E-state index in [9.17, 15) is 0 Å². The second-order valence-corrected chi connectivity index (χ2v) is 5.46. The van der Waals surface area contributed by atoms with Crippen molar-refractivity contribution in [3.05, 3.63) is 17.5 Å². The van der Waals surface area contributed by atoms with Gasteiger partial charge in [-0.1, -0.05) is 6.92 Å². The Balaban J connectivity index is 2.14. The third-order valence-corrected chi connectivity index (χ3v) is 3.41. The number of rotatable bonds is 3. The Kier molecular flexibility index (Phi) is 3.33. The maximum absolute atomic E-state index is 4.54. The maximum Gasteiger partial charge on any atom is 0.225 e. The second-order valence-electron chi connectivity index (χ2n) is 5.46. The number of hydrogen-bond donors (Lipinski definition) is 1. The monoisotopic (exact) mass is 234 g/mol. The largest absolute Gasteiger partial charge is 0.340 e. The summed E-state index contributed by atoms with van der Waals surface area (Å²) in [5.74, 6) is 0.891. The van der Waals surface area contributed by atoms with E-state index in [1.807, 2.05) is 27.0 Å². The zero-order chi connectivity index (χ0) is 12.5. The van der Waals surface area contributed by atoms with Gasteiger partial charge in [0.2, 0.25) is 5.95 Å². The standard InChI is InChI=1S/C13H22N4/c1-10-7-11(2)16-12(15-10)17-6-5-13(3,9-17)8-14-4/h7,14H,5-6,8-9H2,1-4H3. The molecule has 4 heteroatoms. The van der Waals surface area contributed by atoms with Gasteiger partial charge in [-0.3, -0.25) is 0 Å². The van der Waals surface area contributed by atoms with Crippen molar-refractivity contribution in [2.45, 2.75) is 27.2 Å². The zero-order valence-corrected chi connectivity index (χ0v) is 11.2. The number of hydrogen-bond acceptors (Lipinski definition) is 4. The third kappa shape index (κ3) is 2.75. The molecule has 1 saturated heterocycles. The molecule has 1 N–H and O–H groups in total. The zero-order valence-electron chi connectivity index (χ0n) is 11.2. The first kappa shape index (κ1) is 12.3. The molecule has 0 spiro atoms. The summed E-state index contributed by atoms with van der Waals surface area (Å²) in [6.45, 7) is 9.53. The molecule has 0 amide bonds. The predicted molar refractivity (Wildman–Crippen MR) is 70.4 cm³/mol. The minimum atomic E-state index is 0.343. The smallest absolute Gasteiger partial charge is 0.225 e. The van der Waals surface area contributed by atoms with E-state index in [1.165, 1.54) is 6.42 Å². The van der Waals surface area contributed by atoms with Gasteiger partial charge in [-0.25, -0.2) is 9.97 Å². The van der Waals surface area contributed by atoms with E-state index >= 15 is 0 Å². The van der Waals surface area contributed by atoms with Crippen molar-refractivity contribution >= 4 is 5.95 Å². The van der Waals surface area contributed by atoms with Crippen molar-refractivity contribution in [1.29, 1.82) is 0 Å². The Hall–Kier alpha value is -1.16. The molecule has 2 heterocycles. The minimum absolute atomic E-state index is 0.343. The normalized spacial score (nSPS) is 24.4. The first-order valence-corrected chi connectivity index (χ1v) is 6.24. The van der Waals surface area contributed by atoms with Gasteiger partial charge in [-0.2, -0.15) is 0 Å². The fourth-order valence-corrected chi connectivity index (χ4v) is 2.61. The van der Waals surface area contributed by atoms with Gasteiger partial charge in [0.05, 0.1) is 0 Å². The fourth-order valence-electron chi connectivity index (χ4n) is 2.61. The van der Waals surface area contributed by atoms with Crippen LogP contribution in [0.25, 0.3) is 0 Å². The molecule has 1 aromatic rings. The van der Waals surface area contributed by atoms with E-state index in [0.29, 0.717) is 5.41 Å². The van der Waals surface area contributed by atoms with Crippen molar-refractivity contribution in [3.63, 3.8) is 0 Å². The SMILES string of the molecule is CNCC1(C)CCN(c2nc(C)cc(C)n2)C1. The number of aromatic nitrogens is 2. The van der Waals surface area contributed by atoms with Crippen LogP contribution in [-0.4, -0.2) is 36.6 Å². The molecule has 1 atom stereocenters. The van der Waals surface area contributed by atoms with Crippen LogP contribution in [0.3, 0.4) is 0 Å². The summed E-state index contributed by atoms with van der Waals surface area (Å²) < 4.78 is 0. The summed E-state index contributed by atoms with van der Waals surface area (Å²) in [5.41, 5.74) is 2.44. The van der Waals surface area contributed by atoms with E-state index in [4.69, 9.17) is 0 Å². The van der Waals surface area contributed by atoms with Crippen molar-refractivity contribution in [3.8, 4) is 0 Å². The van der Waals surface area contributed by atoms with E-state index in [0.717, 1.165) is 37.0 Å². The Morgan fingerprint density at radius 1 is 1.35 bits per heavy atom. The fraction of sp³-hybridized carbons (Fsp3) is 0.692. The Labute approximate surface area is 103 Å². The lowest BCUT2D eigenvalue weighted by atomic mass is 9.90. The molecule has 4 nitrogen and oxygen atoms in total. The second kappa shape index (κ2) is 4.61. The van der Waals surface area contributed by atoms with Crippen LogP contribution in [0.4, 0.5) is 5.95 Å². The van der Waals surface area contributed by atoms with Gasteiger partial charge in [0, 0.05) is 31.0 Å². The molecule has 1 aliphatic heterocycles. The summed E-state index contributed by atoms with van der Waals surface area (Å²) in [6.07, 6.45) is 1.20. The van der Waals surface area contributed by atoms with Gasteiger partial charge in [0.1, 0.15) is 0 Å². The van der Waals surface area contributed by atoms with Crippen LogP contribution in [0.5, 0.6) is 0 Å². The van der Waals surface area contributed by atoms with E-state index in [1.54, 1.807) is 0 Å². The Morgan fingerprint density at radius 2 is 2.00 bits per heavy atom. The molecule has 0 aromatic carbocycles. The highest BCUT2D eigenvalue weighted by Gasteiger charge is 2.34. The van der Waals surface area contributed by atoms with Gasteiger partial charge < -0.3 is 10.2 Å². The maximum atomic E-state index is 4.54. The molecule has 0 bridgehead atoms. The van der Waals surface area contributed by atoms with Crippen molar-refractivity contribution in [2.75, 3.05) is 31.6 Å². The molecular weight excluding hydrogens is 212 g/mol. The molecule has 2 rings (SSSR count). The minimum Gasteiger partial charge on any atom is -0.340 e. The average molecular weight is 234 g/mol. The van der Waals surface area contributed by atoms with Gasteiger partial charge in [-0.05, 0) is 38.8 Å². The number of nitrogens with zero attached hydrogens (tertiary/aromatic N) is 3. The quantitative estimate of drug-likeness (QED) is 0.861. The third-order valence-electron chi connectivity index (χ3n) is 3.41. The average Bonchev–Trinajstić information content (AvgIpc) is 2.60. The van der Waals surface area contributed by atoms with Crippen molar-refractivity contribution in [2.24, 2.45) is 5.41 Å². The first-order chi connectivity index (χ1) is 8.02. The molecular formula is C13H22N4. The van der Waals surface area contributed by atoms with E-state index in [2.05, 4.69) is 27.1 Å². The molecule has 0 radical (unpaired) electrons. The van der Waals surface area contributed by atoms with Gasteiger partial charge >= 0.3 is 0 Å². The Morgan fingerprint density at radius 3 is 2.59 bits per heavy atom. The van der Waals surface area contributed by atoms with Gasteiger partial charge in [0.15, 0.2) is 0 Å². The molecule has 0 aliphatic carbocycles. The molecule has 1 aromatic heterocycles. The number of anilines is 1. The number of aryl methyl sites for hydroxylation is 2. The van der Waals surface area contributed by atoms with E-state index < -0.39 is 0 Å². The lowest BCUT2D eigenvalue weighted by Crippen LogP contribution is -2.33. The molecule has 0 saturated carbocycles. The van der Waals surface area contributed by atoms with E-state index in [-0.39, 0.29) is 0 Å². The summed E-state index contributed by atoms with van der Waals surface area (Å²) in [5, 5.41) is 3.28. The van der Waals surface area contributed by atoms with Crippen molar-refractivity contribution < 1.29 is 0 Å². The van der Waals surface area contributed by atoms with Crippen LogP contribution in [0.1, 0.15) is 24.7 Å². The highest BCUT2D eigenvalue weighted by Crippen LogP contribution is 2.31. The lowest BCUT2D eigenvalue weighted by Gasteiger charge is -2.24. The van der Waals surface area contributed by atoms with Crippen LogP contribution >= 0.6 is 0 Å². The van der Waals surface area contributed by atoms with Crippen LogP contribution in [0.15, 0.2) is 6.07 Å². The van der Waals surface area contributed by atoms with Gasteiger partial charge in [-0.15, -0.1) is 0 Å². The van der Waals surface area contributed by atoms with Gasteiger partial charge in [0.25, 0.3) is 0 Å². The van der Waals surface area contributed by atoms with Crippen LogP contribution in [0, 0.1) is 19.3 Å². The van der Waals surface area contributed by atoms with Crippen LogP contribution in [-0.2, 0) is 0 Å². The molecule has 94 valence electrons. The summed E-state index contributed by atoms with van der Waals surface area (Å²) in [4.78, 5) is 11.4. The topological polar surface area (TPSA) is 41.0 Å². The molecule has 17 heavy (non-hydrogen) atoms. The highest BCUT2D eigenvalue weighted by molar-refractivity contribution is 5.34. The Bertz CT molecular complexity index is 384. The van der Waals surface area contributed by atoms with Crippen LogP contribution < -0.4 is 10.2 Å². The molecule has 1 aliphatic rings. The highest BCUT2D eigenvalue weighted by atomic mass is 15.3. The van der Waals surface area contributed by atoms with Crippen molar-refractivity contribution in [1.82, 2.24) is 15.3 Å². The first-order valence-electron chi connectivity index (χ1n) is 6.24. The lowest BCUT2D eigenvalue weighted by molar-refractivity contribution is 0.355. The van der Waals surface area contributed by atoms with Crippen LogP contribution in [0.2, 0.25) is 0 Å². The summed E-state index contributed by atoms with van der Waals surface area (Å²) in [7, 11) is 2.02. The molecule has 1 unspecified atom stereocenters.